The van der Waals surface area contributed by atoms with Crippen LogP contribution in [0.3, 0.4) is 0 Å². The Hall–Kier alpha value is -1.87. The molecule has 140 valence electrons. The van der Waals surface area contributed by atoms with Crippen LogP contribution in [0.15, 0.2) is 48.5 Å². The highest BCUT2D eigenvalue weighted by molar-refractivity contribution is 6.30. The van der Waals surface area contributed by atoms with Crippen molar-refractivity contribution in [3.63, 3.8) is 0 Å². The number of rotatable bonds is 7. The molecule has 0 aliphatic rings. The van der Waals surface area contributed by atoms with Crippen molar-refractivity contribution in [1.29, 1.82) is 0 Å². The highest BCUT2D eigenvalue weighted by Gasteiger charge is 2.44. The SMILES string of the molecule is CCOC(=O)C(C)(Cc1ccc(Cl)cc1)C(F)c1ccc(C(C)C)cc1. The number of alkyl halides is 1. The first-order valence-corrected chi connectivity index (χ1v) is 9.31. The van der Waals surface area contributed by atoms with Crippen LogP contribution in [-0.2, 0) is 16.0 Å². The van der Waals surface area contributed by atoms with Gasteiger partial charge in [-0.1, -0.05) is 61.8 Å². The first-order chi connectivity index (χ1) is 12.3. The highest BCUT2D eigenvalue weighted by Crippen LogP contribution is 2.41. The maximum atomic E-state index is 15.5. The number of halogens is 2. The number of hydrogen-bond acceptors (Lipinski definition) is 2. The molecule has 0 saturated carbocycles. The molecule has 0 N–H and O–H groups in total. The fraction of sp³-hybridized carbons (Fsp3) is 0.409. The Morgan fingerprint density at radius 1 is 1.08 bits per heavy atom. The molecular weight excluding hydrogens is 351 g/mol. The Morgan fingerprint density at radius 2 is 1.62 bits per heavy atom. The van der Waals surface area contributed by atoms with Crippen LogP contribution in [0, 0.1) is 5.41 Å². The predicted octanol–water partition coefficient (Wildman–Crippen LogP) is 6.29. The van der Waals surface area contributed by atoms with E-state index in [1.807, 2.05) is 24.3 Å². The Kier molecular flexibility index (Phi) is 6.82. The third-order valence-electron chi connectivity index (χ3n) is 4.68. The summed E-state index contributed by atoms with van der Waals surface area (Å²) < 4.78 is 20.7. The lowest BCUT2D eigenvalue weighted by Gasteiger charge is -2.31. The van der Waals surface area contributed by atoms with Gasteiger partial charge in [0.25, 0.3) is 0 Å². The minimum absolute atomic E-state index is 0.216. The van der Waals surface area contributed by atoms with E-state index in [9.17, 15) is 4.79 Å². The predicted molar refractivity (Wildman–Crippen MR) is 104 cm³/mol. The first kappa shape index (κ1) is 20.4. The van der Waals surface area contributed by atoms with Crippen molar-refractivity contribution in [3.8, 4) is 0 Å². The molecule has 0 aromatic heterocycles. The number of esters is 1. The fourth-order valence-electron chi connectivity index (χ4n) is 3.01. The molecule has 0 saturated heterocycles. The second-order valence-corrected chi connectivity index (χ2v) is 7.56. The number of benzene rings is 2. The van der Waals surface area contributed by atoms with E-state index in [-0.39, 0.29) is 13.0 Å². The van der Waals surface area contributed by atoms with E-state index in [2.05, 4.69) is 13.8 Å². The molecule has 2 nitrogen and oxygen atoms in total. The van der Waals surface area contributed by atoms with Gasteiger partial charge in [0.2, 0.25) is 0 Å². The second kappa shape index (κ2) is 8.68. The molecule has 0 aliphatic carbocycles. The van der Waals surface area contributed by atoms with Crippen molar-refractivity contribution in [3.05, 3.63) is 70.2 Å². The lowest BCUT2D eigenvalue weighted by molar-refractivity contribution is -0.159. The third kappa shape index (κ3) is 4.64. The summed E-state index contributed by atoms with van der Waals surface area (Å²) in [7, 11) is 0. The van der Waals surface area contributed by atoms with Gasteiger partial charge >= 0.3 is 5.97 Å². The quantitative estimate of drug-likeness (QED) is 0.531. The molecule has 2 rings (SSSR count). The maximum absolute atomic E-state index is 15.5. The summed E-state index contributed by atoms with van der Waals surface area (Å²) in [6.07, 6.45) is -1.24. The van der Waals surface area contributed by atoms with E-state index < -0.39 is 17.6 Å². The molecule has 2 aromatic carbocycles. The molecule has 0 amide bonds. The van der Waals surface area contributed by atoms with Gasteiger partial charge in [-0.2, -0.15) is 0 Å². The van der Waals surface area contributed by atoms with Crippen LogP contribution in [-0.4, -0.2) is 12.6 Å². The number of carbonyl (C=O) groups excluding carboxylic acids is 1. The second-order valence-electron chi connectivity index (χ2n) is 7.13. The minimum Gasteiger partial charge on any atom is -0.465 e. The molecule has 2 atom stereocenters. The van der Waals surface area contributed by atoms with E-state index in [4.69, 9.17) is 16.3 Å². The van der Waals surface area contributed by atoms with Gasteiger partial charge in [0.1, 0.15) is 11.6 Å². The van der Waals surface area contributed by atoms with Crippen LogP contribution in [0.2, 0.25) is 5.02 Å². The third-order valence-corrected chi connectivity index (χ3v) is 4.93. The molecule has 0 spiro atoms. The minimum atomic E-state index is -1.47. The Balaban J connectivity index is 2.35. The average Bonchev–Trinajstić information content (AvgIpc) is 2.63. The molecule has 4 heteroatoms. The van der Waals surface area contributed by atoms with Gasteiger partial charge in [-0.15, -0.1) is 0 Å². The van der Waals surface area contributed by atoms with E-state index in [0.717, 1.165) is 11.1 Å². The van der Waals surface area contributed by atoms with Crippen LogP contribution in [0.5, 0.6) is 0 Å². The molecular formula is C22H26ClFO2. The van der Waals surface area contributed by atoms with Gasteiger partial charge in [0.15, 0.2) is 0 Å². The van der Waals surface area contributed by atoms with Crippen LogP contribution in [0.1, 0.15) is 56.5 Å². The van der Waals surface area contributed by atoms with Crippen molar-refractivity contribution >= 4 is 17.6 Å². The maximum Gasteiger partial charge on any atom is 0.315 e. The highest BCUT2D eigenvalue weighted by atomic mass is 35.5. The van der Waals surface area contributed by atoms with Crippen molar-refractivity contribution in [1.82, 2.24) is 0 Å². The number of hydrogen-bond donors (Lipinski definition) is 0. The standard InChI is InChI=1S/C22H26ClFO2/c1-5-26-21(25)22(4,14-16-6-12-19(23)13-7-16)20(24)18-10-8-17(9-11-18)15(2)3/h6-13,15,20H,5,14H2,1-4H3. The van der Waals surface area contributed by atoms with Crippen molar-refractivity contribution in [2.75, 3.05) is 6.61 Å². The Morgan fingerprint density at radius 3 is 2.12 bits per heavy atom. The molecule has 0 heterocycles. The lowest BCUT2D eigenvalue weighted by atomic mass is 9.76. The van der Waals surface area contributed by atoms with E-state index in [1.54, 1.807) is 38.1 Å². The summed E-state index contributed by atoms with van der Waals surface area (Å²) in [5.41, 5.74) is 1.14. The summed E-state index contributed by atoms with van der Waals surface area (Å²) in [5.74, 6) is -0.164. The largest absolute Gasteiger partial charge is 0.465 e. The number of ether oxygens (including phenoxy) is 1. The molecule has 0 radical (unpaired) electrons. The van der Waals surface area contributed by atoms with E-state index >= 15 is 4.39 Å². The zero-order valence-electron chi connectivity index (χ0n) is 15.8. The molecule has 0 fully saturated rings. The van der Waals surface area contributed by atoms with E-state index in [1.165, 1.54) is 0 Å². The monoisotopic (exact) mass is 376 g/mol. The molecule has 26 heavy (non-hydrogen) atoms. The molecule has 2 unspecified atom stereocenters. The van der Waals surface area contributed by atoms with Gasteiger partial charge in [0, 0.05) is 5.02 Å². The van der Waals surface area contributed by atoms with Crippen LogP contribution >= 0.6 is 11.6 Å². The molecule has 0 bridgehead atoms. The topological polar surface area (TPSA) is 26.3 Å². The Labute approximate surface area is 160 Å². The fourth-order valence-corrected chi connectivity index (χ4v) is 3.13. The van der Waals surface area contributed by atoms with Gasteiger partial charge in [-0.05, 0) is 55.0 Å². The summed E-state index contributed by atoms with van der Waals surface area (Å²) in [4.78, 5) is 12.6. The van der Waals surface area contributed by atoms with Gasteiger partial charge < -0.3 is 4.74 Å². The van der Waals surface area contributed by atoms with Gasteiger partial charge in [-0.25, -0.2) is 4.39 Å². The van der Waals surface area contributed by atoms with Crippen LogP contribution in [0.4, 0.5) is 4.39 Å². The van der Waals surface area contributed by atoms with Crippen molar-refractivity contribution < 1.29 is 13.9 Å². The van der Waals surface area contributed by atoms with Gasteiger partial charge in [-0.3, -0.25) is 4.79 Å². The zero-order valence-corrected chi connectivity index (χ0v) is 16.5. The Bertz CT molecular complexity index is 725. The van der Waals surface area contributed by atoms with Crippen molar-refractivity contribution in [2.45, 2.75) is 46.2 Å². The molecule has 0 aliphatic heterocycles. The summed E-state index contributed by atoms with van der Waals surface area (Å²) in [6, 6.07) is 14.5. The lowest BCUT2D eigenvalue weighted by Crippen LogP contribution is -2.36. The average molecular weight is 377 g/mol. The summed E-state index contributed by atoms with van der Waals surface area (Å²) in [5, 5.41) is 0.604. The zero-order chi connectivity index (χ0) is 19.3. The normalized spacial score (nSPS) is 14.7. The van der Waals surface area contributed by atoms with Crippen LogP contribution in [0.25, 0.3) is 0 Å². The smallest absolute Gasteiger partial charge is 0.315 e. The van der Waals surface area contributed by atoms with Crippen molar-refractivity contribution in [2.24, 2.45) is 5.41 Å². The summed E-state index contributed by atoms with van der Waals surface area (Å²) in [6.45, 7) is 7.75. The van der Waals surface area contributed by atoms with E-state index in [0.29, 0.717) is 16.5 Å². The van der Waals surface area contributed by atoms with Gasteiger partial charge in [0.05, 0.1) is 6.61 Å². The molecule has 2 aromatic rings. The summed E-state index contributed by atoms with van der Waals surface area (Å²) >= 11 is 5.93. The first-order valence-electron chi connectivity index (χ1n) is 8.93. The van der Waals surface area contributed by atoms with Crippen LogP contribution < -0.4 is 0 Å². The number of carbonyl (C=O) groups is 1.